The molecule has 1 aliphatic heterocycles. The first-order valence-corrected chi connectivity index (χ1v) is 11.2. The van der Waals surface area contributed by atoms with Crippen LogP contribution in [-0.4, -0.2) is 34.9 Å². The van der Waals surface area contributed by atoms with Gasteiger partial charge < -0.3 is 10.2 Å². The molecule has 1 aromatic heterocycles. The van der Waals surface area contributed by atoms with E-state index in [1.807, 2.05) is 29.3 Å². The van der Waals surface area contributed by atoms with E-state index in [-0.39, 0.29) is 11.9 Å². The molecule has 0 atom stereocenters. The Morgan fingerprint density at radius 1 is 1.11 bits per heavy atom. The van der Waals surface area contributed by atoms with Gasteiger partial charge in [0, 0.05) is 23.3 Å². The van der Waals surface area contributed by atoms with Crippen LogP contribution in [0.1, 0.15) is 60.6 Å². The zero-order valence-electron chi connectivity index (χ0n) is 16.7. The van der Waals surface area contributed by atoms with E-state index in [4.69, 9.17) is 0 Å². The monoisotopic (exact) mass is 443 g/mol. The Bertz CT molecular complexity index is 739. The standard InChI is InChI=1S/C23H30BrN3O/c1-2-3-4-5-18-8-11-22(26-16-18)23(28)27(21-12-14-25-15-13-21)17-19-6-9-20(24)10-7-19/h6-11,16,21,25H,2-5,12-15,17H2,1H3. The van der Waals surface area contributed by atoms with Crippen LogP contribution in [0.4, 0.5) is 0 Å². The van der Waals surface area contributed by atoms with Crippen LogP contribution in [0.25, 0.3) is 0 Å². The van der Waals surface area contributed by atoms with Crippen LogP contribution < -0.4 is 5.32 Å². The highest BCUT2D eigenvalue weighted by atomic mass is 79.9. The third kappa shape index (κ3) is 5.89. The lowest BCUT2D eigenvalue weighted by Gasteiger charge is -2.34. The second-order valence-corrected chi connectivity index (χ2v) is 8.47. The van der Waals surface area contributed by atoms with Crippen molar-refractivity contribution in [3.8, 4) is 0 Å². The molecule has 0 bridgehead atoms. The Hall–Kier alpha value is -1.72. The number of piperidine rings is 1. The van der Waals surface area contributed by atoms with Gasteiger partial charge in [-0.1, -0.05) is 53.9 Å². The molecule has 0 spiro atoms. The first kappa shape index (κ1) is 21.0. The van der Waals surface area contributed by atoms with E-state index in [0.717, 1.165) is 42.4 Å². The van der Waals surface area contributed by atoms with Crippen molar-refractivity contribution in [1.82, 2.24) is 15.2 Å². The van der Waals surface area contributed by atoms with Crippen LogP contribution >= 0.6 is 15.9 Å². The van der Waals surface area contributed by atoms with Gasteiger partial charge >= 0.3 is 0 Å². The molecule has 28 heavy (non-hydrogen) atoms. The second kappa shape index (κ2) is 10.7. The number of nitrogens with zero attached hydrogens (tertiary/aromatic N) is 2. The predicted molar refractivity (Wildman–Crippen MR) is 117 cm³/mol. The molecule has 2 aromatic rings. The summed E-state index contributed by atoms with van der Waals surface area (Å²) in [5, 5.41) is 3.39. The minimum absolute atomic E-state index is 0.0370. The smallest absolute Gasteiger partial charge is 0.272 e. The summed E-state index contributed by atoms with van der Waals surface area (Å²) in [7, 11) is 0. The molecule has 4 nitrogen and oxygen atoms in total. The molecule has 150 valence electrons. The number of carbonyl (C=O) groups excluding carboxylic acids is 1. The molecule has 2 heterocycles. The molecule has 1 saturated heterocycles. The molecule has 1 N–H and O–H groups in total. The van der Waals surface area contributed by atoms with Crippen LogP contribution in [0, 0.1) is 0 Å². The molecule has 1 amide bonds. The highest BCUT2D eigenvalue weighted by molar-refractivity contribution is 9.10. The van der Waals surface area contributed by atoms with Crippen molar-refractivity contribution in [2.75, 3.05) is 13.1 Å². The van der Waals surface area contributed by atoms with Crippen LogP contribution in [0.3, 0.4) is 0 Å². The molecule has 0 unspecified atom stereocenters. The summed E-state index contributed by atoms with van der Waals surface area (Å²) in [6, 6.07) is 12.4. The Morgan fingerprint density at radius 2 is 1.82 bits per heavy atom. The number of pyridine rings is 1. The van der Waals surface area contributed by atoms with Gasteiger partial charge in [-0.15, -0.1) is 0 Å². The fourth-order valence-electron chi connectivity index (χ4n) is 3.70. The summed E-state index contributed by atoms with van der Waals surface area (Å²) in [5.41, 5.74) is 2.91. The van der Waals surface area contributed by atoms with Gasteiger partial charge in [0.15, 0.2) is 0 Å². The Kier molecular flexibility index (Phi) is 8.04. The number of nitrogens with one attached hydrogen (secondary N) is 1. The maximum Gasteiger partial charge on any atom is 0.272 e. The average Bonchev–Trinajstić information content (AvgIpc) is 2.74. The number of aryl methyl sites for hydroxylation is 1. The molecule has 1 aromatic carbocycles. The number of hydrogen-bond donors (Lipinski definition) is 1. The highest BCUT2D eigenvalue weighted by Gasteiger charge is 2.27. The Balaban J connectivity index is 1.74. The van der Waals surface area contributed by atoms with Gasteiger partial charge in [0.05, 0.1) is 0 Å². The van der Waals surface area contributed by atoms with E-state index in [2.05, 4.69) is 51.4 Å². The topological polar surface area (TPSA) is 45.2 Å². The number of rotatable bonds is 8. The molecule has 1 fully saturated rings. The van der Waals surface area contributed by atoms with Gasteiger partial charge in [0.2, 0.25) is 0 Å². The maximum absolute atomic E-state index is 13.3. The van der Waals surface area contributed by atoms with Gasteiger partial charge in [-0.05, 0) is 68.1 Å². The van der Waals surface area contributed by atoms with Gasteiger partial charge in [-0.3, -0.25) is 9.78 Å². The summed E-state index contributed by atoms with van der Waals surface area (Å²) >= 11 is 3.48. The lowest BCUT2D eigenvalue weighted by molar-refractivity contribution is 0.0617. The fraction of sp³-hybridized carbons (Fsp3) is 0.478. The molecule has 1 aliphatic rings. The van der Waals surface area contributed by atoms with Crippen molar-refractivity contribution in [2.45, 2.75) is 58.0 Å². The van der Waals surface area contributed by atoms with E-state index in [0.29, 0.717) is 12.2 Å². The summed E-state index contributed by atoms with van der Waals surface area (Å²) in [6.07, 6.45) is 8.50. The maximum atomic E-state index is 13.3. The Morgan fingerprint density at radius 3 is 2.46 bits per heavy atom. The summed E-state index contributed by atoms with van der Waals surface area (Å²) in [6.45, 7) is 4.74. The molecule has 3 rings (SSSR count). The van der Waals surface area contributed by atoms with Crippen molar-refractivity contribution in [1.29, 1.82) is 0 Å². The molecule has 0 aliphatic carbocycles. The van der Waals surface area contributed by atoms with Gasteiger partial charge in [0.25, 0.3) is 5.91 Å². The number of carbonyl (C=O) groups is 1. The van der Waals surface area contributed by atoms with Gasteiger partial charge in [-0.2, -0.15) is 0 Å². The molecule has 5 heteroatoms. The number of hydrogen-bond acceptors (Lipinski definition) is 3. The first-order chi connectivity index (χ1) is 13.7. The zero-order valence-corrected chi connectivity index (χ0v) is 18.2. The minimum Gasteiger partial charge on any atom is -0.330 e. The number of unbranched alkanes of at least 4 members (excludes halogenated alkanes) is 2. The van der Waals surface area contributed by atoms with Gasteiger partial charge in [-0.25, -0.2) is 0 Å². The van der Waals surface area contributed by atoms with E-state index >= 15 is 0 Å². The molecular formula is C23H30BrN3O. The normalized spacial score (nSPS) is 14.8. The molecule has 0 radical (unpaired) electrons. The zero-order chi connectivity index (χ0) is 19.8. The van der Waals surface area contributed by atoms with Gasteiger partial charge in [0.1, 0.15) is 5.69 Å². The molecular weight excluding hydrogens is 414 g/mol. The van der Waals surface area contributed by atoms with E-state index in [1.165, 1.54) is 24.8 Å². The lowest BCUT2D eigenvalue weighted by atomic mass is 10.0. The third-order valence-electron chi connectivity index (χ3n) is 5.39. The van der Waals surface area contributed by atoms with Crippen molar-refractivity contribution < 1.29 is 4.79 Å². The summed E-state index contributed by atoms with van der Waals surface area (Å²) in [5.74, 6) is 0.0370. The van der Waals surface area contributed by atoms with Crippen molar-refractivity contribution >= 4 is 21.8 Å². The van der Waals surface area contributed by atoms with Crippen LogP contribution in [0.5, 0.6) is 0 Å². The summed E-state index contributed by atoms with van der Waals surface area (Å²) < 4.78 is 1.05. The van der Waals surface area contributed by atoms with E-state index < -0.39 is 0 Å². The van der Waals surface area contributed by atoms with E-state index in [9.17, 15) is 4.79 Å². The summed E-state index contributed by atoms with van der Waals surface area (Å²) in [4.78, 5) is 19.9. The fourth-order valence-corrected chi connectivity index (χ4v) is 3.96. The number of amides is 1. The largest absolute Gasteiger partial charge is 0.330 e. The van der Waals surface area contributed by atoms with Crippen molar-refractivity contribution in [3.05, 3.63) is 63.9 Å². The predicted octanol–water partition coefficient (Wildman–Crippen LogP) is 4.97. The molecule has 0 saturated carbocycles. The van der Waals surface area contributed by atoms with Crippen LogP contribution in [0.15, 0.2) is 47.1 Å². The average molecular weight is 444 g/mol. The number of halogens is 1. The quantitative estimate of drug-likeness (QED) is 0.585. The van der Waals surface area contributed by atoms with Crippen LogP contribution in [0.2, 0.25) is 0 Å². The van der Waals surface area contributed by atoms with E-state index in [1.54, 1.807) is 0 Å². The van der Waals surface area contributed by atoms with Crippen LogP contribution in [-0.2, 0) is 13.0 Å². The third-order valence-corrected chi connectivity index (χ3v) is 5.92. The van der Waals surface area contributed by atoms with Crippen molar-refractivity contribution in [3.63, 3.8) is 0 Å². The highest BCUT2D eigenvalue weighted by Crippen LogP contribution is 2.20. The first-order valence-electron chi connectivity index (χ1n) is 10.4. The Labute approximate surface area is 176 Å². The minimum atomic E-state index is 0.0370. The second-order valence-electron chi connectivity index (χ2n) is 7.55. The number of benzene rings is 1. The lowest BCUT2D eigenvalue weighted by Crippen LogP contribution is -2.46. The van der Waals surface area contributed by atoms with Crippen molar-refractivity contribution in [2.24, 2.45) is 0 Å². The SMILES string of the molecule is CCCCCc1ccc(C(=O)N(Cc2ccc(Br)cc2)C2CCNCC2)nc1. The number of aromatic nitrogens is 1.